The number of benzene rings is 1. The molecule has 1 saturated heterocycles. The lowest BCUT2D eigenvalue weighted by Gasteiger charge is -2.30. The lowest BCUT2D eigenvalue weighted by molar-refractivity contribution is -0.119. The number of methoxy groups -OCH3 is 1. The highest BCUT2D eigenvalue weighted by molar-refractivity contribution is 6.02. The summed E-state index contributed by atoms with van der Waals surface area (Å²) < 4.78 is 4.83. The van der Waals surface area contributed by atoms with Crippen molar-refractivity contribution < 1.29 is 14.3 Å². The van der Waals surface area contributed by atoms with E-state index < -0.39 is 0 Å². The predicted molar refractivity (Wildman–Crippen MR) is 95.6 cm³/mol. The van der Waals surface area contributed by atoms with E-state index in [4.69, 9.17) is 4.74 Å². The topological polar surface area (TPSA) is 70.7 Å². The van der Waals surface area contributed by atoms with E-state index in [1.807, 2.05) is 19.1 Å². The van der Waals surface area contributed by atoms with Gasteiger partial charge in [-0.05, 0) is 43.9 Å². The molecule has 1 heterocycles. The zero-order chi connectivity index (χ0) is 17.4. The molecule has 6 heteroatoms. The molecule has 24 heavy (non-hydrogen) atoms. The maximum absolute atomic E-state index is 12.6. The van der Waals surface area contributed by atoms with Gasteiger partial charge in [-0.2, -0.15) is 0 Å². The molecule has 1 aliphatic heterocycles. The van der Waals surface area contributed by atoms with Crippen LogP contribution < -0.4 is 15.5 Å². The van der Waals surface area contributed by atoms with Crippen LogP contribution in [0.1, 0.15) is 43.0 Å². The van der Waals surface area contributed by atoms with Crippen LogP contribution in [0.2, 0.25) is 0 Å². The Labute approximate surface area is 143 Å². The Hall–Kier alpha value is -2.08. The fraction of sp³-hybridized carbons (Fsp3) is 0.556. The predicted octanol–water partition coefficient (Wildman–Crippen LogP) is 2.40. The first-order valence-corrected chi connectivity index (χ1v) is 8.61. The lowest BCUT2D eigenvalue weighted by atomic mass is 10.1. The highest BCUT2D eigenvalue weighted by atomic mass is 16.5. The lowest BCUT2D eigenvalue weighted by Crippen LogP contribution is -2.33. The number of piperidine rings is 1. The first kappa shape index (κ1) is 18.3. The van der Waals surface area contributed by atoms with Gasteiger partial charge in [-0.1, -0.05) is 6.92 Å². The number of hydrogen-bond donors (Lipinski definition) is 2. The van der Waals surface area contributed by atoms with Crippen molar-refractivity contribution in [3.8, 4) is 0 Å². The minimum atomic E-state index is -0.233. The van der Waals surface area contributed by atoms with E-state index in [1.54, 1.807) is 6.07 Å². The summed E-state index contributed by atoms with van der Waals surface area (Å²) in [5.41, 5.74) is 2.16. The van der Waals surface area contributed by atoms with Crippen LogP contribution in [-0.2, 0) is 9.53 Å². The van der Waals surface area contributed by atoms with Crippen LogP contribution in [0.5, 0.6) is 0 Å². The second-order valence-corrected chi connectivity index (χ2v) is 6.02. The first-order valence-electron chi connectivity index (χ1n) is 8.61. The van der Waals surface area contributed by atoms with E-state index in [0.29, 0.717) is 17.8 Å². The molecule has 1 aromatic carbocycles. The van der Waals surface area contributed by atoms with Crippen LogP contribution in [0.15, 0.2) is 18.2 Å². The van der Waals surface area contributed by atoms with Gasteiger partial charge in [-0.15, -0.1) is 0 Å². The minimum Gasteiger partial charge on any atom is -0.375 e. The molecular formula is C18H27N3O3. The fourth-order valence-corrected chi connectivity index (χ4v) is 2.87. The van der Waals surface area contributed by atoms with Gasteiger partial charge in [0.05, 0.1) is 5.56 Å². The molecule has 0 spiro atoms. The third-order valence-corrected chi connectivity index (χ3v) is 4.03. The smallest absolute Gasteiger partial charge is 0.253 e. The van der Waals surface area contributed by atoms with Crippen molar-refractivity contribution in [3.63, 3.8) is 0 Å². The fourth-order valence-electron chi connectivity index (χ4n) is 2.87. The average Bonchev–Trinajstić information content (AvgIpc) is 2.60. The summed E-state index contributed by atoms with van der Waals surface area (Å²) in [6.07, 6.45) is 4.40. The summed E-state index contributed by atoms with van der Waals surface area (Å²) in [4.78, 5) is 26.5. The highest BCUT2D eigenvalue weighted by Gasteiger charge is 2.19. The molecule has 0 radical (unpaired) electrons. The molecule has 0 atom stereocenters. The Balaban J connectivity index is 2.24. The van der Waals surface area contributed by atoms with E-state index in [2.05, 4.69) is 15.5 Å². The third kappa shape index (κ3) is 4.96. The van der Waals surface area contributed by atoms with E-state index in [9.17, 15) is 9.59 Å². The number of nitrogens with zero attached hydrogens (tertiary/aromatic N) is 1. The first-order chi connectivity index (χ1) is 11.7. The van der Waals surface area contributed by atoms with Gasteiger partial charge in [0, 0.05) is 38.1 Å². The van der Waals surface area contributed by atoms with Crippen LogP contribution in [0, 0.1) is 0 Å². The Morgan fingerprint density at radius 2 is 1.96 bits per heavy atom. The van der Waals surface area contributed by atoms with E-state index in [1.165, 1.54) is 13.5 Å². The Morgan fingerprint density at radius 3 is 2.62 bits per heavy atom. The van der Waals surface area contributed by atoms with Gasteiger partial charge in [-0.25, -0.2) is 0 Å². The van der Waals surface area contributed by atoms with E-state index in [-0.39, 0.29) is 18.4 Å². The highest BCUT2D eigenvalue weighted by Crippen LogP contribution is 2.27. The van der Waals surface area contributed by atoms with Crippen molar-refractivity contribution in [3.05, 3.63) is 23.8 Å². The summed E-state index contributed by atoms with van der Waals surface area (Å²) >= 11 is 0. The van der Waals surface area contributed by atoms with Gasteiger partial charge in [0.15, 0.2) is 0 Å². The molecule has 6 nitrogen and oxygen atoms in total. The van der Waals surface area contributed by atoms with Gasteiger partial charge >= 0.3 is 0 Å². The van der Waals surface area contributed by atoms with Crippen molar-refractivity contribution in [2.75, 3.05) is 43.6 Å². The zero-order valence-corrected chi connectivity index (χ0v) is 14.6. The third-order valence-electron chi connectivity index (χ3n) is 4.03. The summed E-state index contributed by atoms with van der Waals surface area (Å²) in [5, 5.41) is 5.69. The molecule has 132 valence electrons. The normalized spacial score (nSPS) is 14.3. The Bertz CT molecular complexity index is 569. The maximum atomic E-state index is 12.6. The molecular weight excluding hydrogens is 306 g/mol. The molecule has 1 fully saturated rings. The number of amides is 2. The van der Waals surface area contributed by atoms with Gasteiger partial charge < -0.3 is 20.3 Å². The SMILES string of the molecule is CCCNC(=O)c1cc(NC(=O)COC)ccc1N1CCCCC1. The summed E-state index contributed by atoms with van der Waals surface area (Å²) in [6.45, 7) is 4.57. The maximum Gasteiger partial charge on any atom is 0.253 e. The number of hydrogen-bond acceptors (Lipinski definition) is 4. The molecule has 0 aliphatic carbocycles. The van der Waals surface area contributed by atoms with Gasteiger partial charge in [0.25, 0.3) is 5.91 Å². The second-order valence-electron chi connectivity index (χ2n) is 6.02. The van der Waals surface area contributed by atoms with Crippen LogP contribution in [0.25, 0.3) is 0 Å². The second kappa shape index (κ2) is 9.27. The molecule has 0 bridgehead atoms. The van der Waals surface area contributed by atoms with Crippen LogP contribution in [0.4, 0.5) is 11.4 Å². The molecule has 2 N–H and O–H groups in total. The van der Waals surface area contributed by atoms with Crippen molar-refractivity contribution in [2.45, 2.75) is 32.6 Å². The van der Waals surface area contributed by atoms with Crippen molar-refractivity contribution in [2.24, 2.45) is 0 Å². The van der Waals surface area contributed by atoms with Crippen LogP contribution in [0.3, 0.4) is 0 Å². The molecule has 0 unspecified atom stereocenters. The number of carbonyl (C=O) groups is 2. The number of rotatable bonds is 7. The molecule has 1 aliphatic rings. The Kier molecular flexibility index (Phi) is 7.06. The summed E-state index contributed by atoms with van der Waals surface area (Å²) in [6, 6.07) is 5.52. The number of carbonyl (C=O) groups excluding carboxylic acids is 2. The number of ether oxygens (including phenoxy) is 1. The minimum absolute atomic E-state index is 0.00869. The standard InChI is InChI=1S/C18H27N3O3/c1-3-9-19-18(23)15-12-14(20-17(22)13-24-2)7-8-16(15)21-10-5-4-6-11-21/h7-8,12H,3-6,9-11,13H2,1-2H3,(H,19,23)(H,20,22). The summed E-state index contributed by atoms with van der Waals surface area (Å²) in [7, 11) is 1.47. The summed E-state index contributed by atoms with van der Waals surface area (Å²) in [5.74, 6) is -0.330. The van der Waals surface area contributed by atoms with Gasteiger partial charge in [0.2, 0.25) is 5.91 Å². The monoisotopic (exact) mass is 333 g/mol. The average molecular weight is 333 g/mol. The molecule has 2 rings (SSSR count). The molecule has 0 aromatic heterocycles. The van der Waals surface area contributed by atoms with Gasteiger partial charge in [-0.3, -0.25) is 9.59 Å². The largest absolute Gasteiger partial charge is 0.375 e. The molecule has 1 aromatic rings. The Morgan fingerprint density at radius 1 is 1.21 bits per heavy atom. The van der Waals surface area contributed by atoms with Crippen LogP contribution in [-0.4, -0.2) is 45.2 Å². The number of anilines is 2. The zero-order valence-electron chi connectivity index (χ0n) is 14.6. The molecule has 2 amide bonds. The van der Waals surface area contributed by atoms with Crippen LogP contribution >= 0.6 is 0 Å². The molecule has 0 saturated carbocycles. The van der Waals surface area contributed by atoms with Crippen molar-refractivity contribution in [1.29, 1.82) is 0 Å². The quantitative estimate of drug-likeness (QED) is 0.804. The van der Waals surface area contributed by atoms with Crippen molar-refractivity contribution >= 4 is 23.2 Å². The van der Waals surface area contributed by atoms with E-state index in [0.717, 1.165) is 38.0 Å². The van der Waals surface area contributed by atoms with Crippen molar-refractivity contribution in [1.82, 2.24) is 5.32 Å². The van der Waals surface area contributed by atoms with Gasteiger partial charge in [0.1, 0.15) is 6.61 Å². The van der Waals surface area contributed by atoms with E-state index >= 15 is 0 Å². The number of nitrogens with one attached hydrogen (secondary N) is 2.